The summed E-state index contributed by atoms with van der Waals surface area (Å²) in [6.45, 7) is 10.1. The molecule has 1 heterocycles. The van der Waals surface area contributed by atoms with E-state index in [1.54, 1.807) is 39.8 Å². The number of ether oxygens (including phenoxy) is 1. The number of methoxy groups -OCH3 is 1. The van der Waals surface area contributed by atoms with Gasteiger partial charge in [0.25, 0.3) is 0 Å². The van der Waals surface area contributed by atoms with E-state index in [4.69, 9.17) is 4.74 Å². The molecule has 0 spiro atoms. The van der Waals surface area contributed by atoms with Crippen LogP contribution in [0, 0.1) is 11.8 Å². The number of carbonyl (C=O) groups is 2. The monoisotopic (exact) mass is 687 g/mol. The van der Waals surface area contributed by atoms with Gasteiger partial charge in [0.2, 0.25) is 27.7 Å². The Morgan fingerprint density at radius 1 is 0.938 bits per heavy atom. The second kappa shape index (κ2) is 16.8. The van der Waals surface area contributed by atoms with Crippen LogP contribution in [-0.4, -0.2) is 82.3 Å². The molecule has 0 fully saturated rings. The molecule has 2 amide bonds. The molecule has 13 nitrogen and oxygen atoms in total. The molecule has 0 aliphatic rings. The Labute approximate surface area is 282 Å². The van der Waals surface area contributed by atoms with Crippen molar-refractivity contribution in [1.29, 1.82) is 0 Å². The van der Waals surface area contributed by atoms with Gasteiger partial charge in [-0.3, -0.25) is 18.7 Å². The predicted octanol–water partition coefficient (Wildman–Crippen LogP) is 2.52. The van der Waals surface area contributed by atoms with Crippen LogP contribution in [0.4, 0.5) is 0 Å². The van der Waals surface area contributed by atoms with Gasteiger partial charge in [-0.15, -0.1) is 0 Å². The number of nitrogens with one attached hydrogen (secondary N) is 2. The Morgan fingerprint density at radius 3 is 2.10 bits per heavy atom. The molecule has 2 aromatic carbocycles. The Kier molecular flexibility index (Phi) is 13.4. The minimum atomic E-state index is -4.05. The molecule has 4 N–H and O–H groups in total. The van der Waals surface area contributed by atoms with E-state index in [-0.39, 0.29) is 36.4 Å². The molecule has 48 heavy (non-hydrogen) atoms. The number of hydrogen-bond acceptors (Lipinski definition) is 8. The molecule has 3 atom stereocenters. The standard InChI is InChI=1S/C34H49N5O8S/c1-22(2)18-37(48(45,46)27-15-13-26(47-7)14-16-27)19-29(40)28(17-25-11-9-8-10-12-25)36-33(43)32(23(3)4)39-21-31(42)38(34(39)44)20-30(41)35-24(5)6/h8-16,21-24,28-29,32,40,42H,17-20H2,1-7H3,(H,35,41)(H,36,43)/t28-,29+,32-/m0/s1. The predicted molar refractivity (Wildman–Crippen MR) is 182 cm³/mol. The maximum Gasteiger partial charge on any atom is 0.332 e. The summed E-state index contributed by atoms with van der Waals surface area (Å²) in [5.74, 6) is -1.62. The Bertz CT molecular complexity index is 1670. The lowest BCUT2D eigenvalue weighted by molar-refractivity contribution is -0.127. The maximum atomic E-state index is 14.0. The fourth-order valence-corrected chi connectivity index (χ4v) is 7.05. The zero-order valence-electron chi connectivity index (χ0n) is 28.7. The first-order valence-electron chi connectivity index (χ1n) is 16.0. The second-order valence-electron chi connectivity index (χ2n) is 12.9. The minimum absolute atomic E-state index is 0.0328. The largest absolute Gasteiger partial charge is 0.497 e. The summed E-state index contributed by atoms with van der Waals surface area (Å²) in [5, 5.41) is 27.8. The van der Waals surface area contributed by atoms with Crippen LogP contribution in [0.3, 0.4) is 0 Å². The van der Waals surface area contributed by atoms with Crippen molar-refractivity contribution in [3.05, 3.63) is 76.8 Å². The first kappa shape index (κ1) is 38.3. The fourth-order valence-electron chi connectivity index (χ4n) is 5.43. The number of aliphatic hydroxyl groups excluding tert-OH is 1. The van der Waals surface area contributed by atoms with Crippen LogP contribution in [0.15, 0.2) is 70.5 Å². The lowest BCUT2D eigenvalue weighted by Crippen LogP contribution is -2.53. The van der Waals surface area contributed by atoms with Gasteiger partial charge in [0, 0.05) is 19.1 Å². The summed E-state index contributed by atoms with van der Waals surface area (Å²) < 4.78 is 35.9. The van der Waals surface area contributed by atoms with Crippen molar-refractivity contribution in [2.24, 2.45) is 11.8 Å². The molecule has 0 radical (unpaired) electrons. The van der Waals surface area contributed by atoms with Crippen molar-refractivity contribution >= 4 is 21.8 Å². The molecule has 1 aromatic heterocycles. The molecule has 3 aromatic rings. The SMILES string of the molecule is COc1ccc(S(=O)(=O)N(CC(C)C)C[C@@H](O)[C@H](Cc2ccccc2)NC(=O)[C@H](C(C)C)n2cc(O)n(CC(=O)NC(C)C)c2=O)cc1. The van der Waals surface area contributed by atoms with Crippen molar-refractivity contribution in [3.8, 4) is 11.6 Å². The number of aliphatic hydroxyl groups is 1. The van der Waals surface area contributed by atoms with Crippen LogP contribution in [-0.2, 0) is 32.6 Å². The quantitative estimate of drug-likeness (QED) is 0.168. The lowest BCUT2D eigenvalue weighted by Gasteiger charge is -2.32. The van der Waals surface area contributed by atoms with Gasteiger partial charge >= 0.3 is 5.69 Å². The van der Waals surface area contributed by atoms with Gasteiger partial charge in [-0.05, 0) is 61.9 Å². The van der Waals surface area contributed by atoms with E-state index in [1.165, 1.54) is 23.5 Å². The number of amides is 2. The number of hydrogen-bond donors (Lipinski definition) is 4. The van der Waals surface area contributed by atoms with E-state index in [0.717, 1.165) is 20.9 Å². The number of aromatic hydroxyl groups is 1. The topological polar surface area (TPSA) is 172 Å². The smallest absolute Gasteiger partial charge is 0.332 e. The number of sulfonamides is 1. The second-order valence-corrected chi connectivity index (χ2v) is 14.9. The van der Waals surface area contributed by atoms with E-state index >= 15 is 0 Å². The minimum Gasteiger partial charge on any atom is -0.497 e. The highest BCUT2D eigenvalue weighted by molar-refractivity contribution is 7.89. The molecule has 0 aliphatic carbocycles. The molecular formula is C34H49N5O8S. The summed E-state index contributed by atoms with van der Waals surface area (Å²) in [6.07, 6.45) is -0.0835. The molecule has 264 valence electrons. The highest BCUT2D eigenvalue weighted by Crippen LogP contribution is 2.23. The third-order valence-corrected chi connectivity index (χ3v) is 9.53. The average Bonchev–Trinajstić information content (AvgIpc) is 3.27. The number of nitrogens with zero attached hydrogens (tertiary/aromatic N) is 3. The van der Waals surface area contributed by atoms with E-state index in [0.29, 0.717) is 5.75 Å². The molecule has 0 saturated carbocycles. The van der Waals surface area contributed by atoms with Gasteiger partial charge in [0.05, 0.1) is 30.3 Å². The molecule has 0 saturated heterocycles. The first-order chi connectivity index (χ1) is 22.5. The van der Waals surface area contributed by atoms with Crippen LogP contribution in [0.25, 0.3) is 0 Å². The van der Waals surface area contributed by atoms with Crippen molar-refractivity contribution in [1.82, 2.24) is 24.1 Å². The number of aromatic nitrogens is 2. The average molecular weight is 688 g/mol. The van der Waals surface area contributed by atoms with E-state index in [9.17, 15) is 33.0 Å². The van der Waals surface area contributed by atoms with Gasteiger partial charge in [0.1, 0.15) is 18.3 Å². The van der Waals surface area contributed by atoms with Gasteiger partial charge in [-0.2, -0.15) is 4.31 Å². The van der Waals surface area contributed by atoms with Crippen molar-refractivity contribution < 1.29 is 33.0 Å². The summed E-state index contributed by atoms with van der Waals surface area (Å²) in [7, 11) is -2.57. The molecule has 0 bridgehead atoms. The zero-order valence-corrected chi connectivity index (χ0v) is 29.5. The van der Waals surface area contributed by atoms with Crippen LogP contribution < -0.4 is 21.1 Å². The Hall–Kier alpha value is -4.14. The highest BCUT2D eigenvalue weighted by atomic mass is 32.2. The van der Waals surface area contributed by atoms with Crippen LogP contribution >= 0.6 is 0 Å². The number of imidazole rings is 1. The fraction of sp³-hybridized carbons (Fsp3) is 0.500. The lowest BCUT2D eigenvalue weighted by atomic mass is 9.98. The Morgan fingerprint density at radius 2 is 1.56 bits per heavy atom. The molecule has 3 rings (SSSR count). The molecule has 14 heteroatoms. The Balaban J connectivity index is 1.96. The first-order valence-corrected chi connectivity index (χ1v) is 17.5. The van der Waals surface area contributed by atoms with Crippen molar-refractivity contribution in [2.75, 3.05) is 20.2 Å². The summed E-state index contributed by atoms with van der Waals surface area (Å²) in [6, 6.07) is 12.8. The highest BCUT2D eigenvalue weighted by Gasteiger charge is 2.34. The summed E-state index contributed by atoms with van der Waals surface area (Å²) >= 11 is 0. The van der Waals surface area contributed by atoms with Crippen molar-refractivity contribution in [2.45, 2.75) is 83.6 Å². The molecule has 0 aliphatic heterocycles. The number of benzene rings is 2. The van der Waals surface area contributed by atoms with Gasteiger partial charge in [-0.25, -0.2) is 13.2 Å². The van der Waals surface area contributed by atoms with E-state index in [2.05, 4.69) is 10.6 Å². The number of carbonyl (C=O) groups excluding carboxylic acids is 2. The van der Waals surface area contributed by atoms with Crippen LogP contribution in [0.5, 0.6) is 11.6 Å². The van der Waals surface area contributed by atoms with Gasteiger partial charge < -0.3 is 25.6 Å². The third-order valence-electron chi connectivity index (χ3n) is 7.68. The van der Waals surface area contributed by atoms with E-state index in [1.807, 2.05) is 44.2 Å². The number of rotatable bonds is 17. The van der Waals surface area contributed by atoms with Crippen LogP contribution in [0.1, 0.15) is 53.1 Å². The van der Waals surface area contributed by atoms with Gasteiger partial charge in [-0.1, -0.05) is 58.0 Å². The maximum absolute atomic E-state index is 14.0. The van der Waals surface area contributed by atoms with E-state index < -0.39 is 64.1 Å². The molecule has 0 unspecified atom stereocenters. The summed E-state index contributed by atoms with van der Waals surface area (Å²) in [5.41, 5.74) is 0.0302. The summed E-state index contributed by atoms with van der Waals surface area (Å²) in [4.78, 5) is 39.8. The van der Waals surface area contributed by atoms with Gasteiger partial charge in [0.15, 0.2) is 0 Å². The van der Waals surface area contributed by atoms with Crippen LogP contribution in [0.2, 0.25) is 0 Å². The normalized spacial score (nSPS) is 13.9. The third kappa shape index (κ3) is 9.94. The van der Waals surface area contributed by atoms with Crippen molar-refractivity contribution in [3.63, 3.8) is 0 Å². The zero-order chi connectivity index (χ0) is 35.8. The molecular weight excluding hydrogens is 638 g/mol.